The molecule has 2 nitrogen and oxygen atoms in total. The Kier molecular flexibility index (Phi) is 16.1. The lowest BCUT2D eigenvalue weighted by Gasteiger charge is -2.10. The average Bonchev–Trinajstić information content (AvgIpc) is 2.68. The molecule has 2 heteroatoms. The van der Waals surface area contributed by atoms with Crippen LogP contribution in [0.5, 0.6) is 5.75 Å². The summed E-state index contributed by atoms with van der Waals surface area (Å²) in [6, 6.07) is 8.47. The average molecular weight is 390 g/mol. The van der Waals surface area contributed by atoms with Crippen LogP contribution in [-0.2, 0) is 6.54 Å². The molecule has 0 saturated carbocycles. The third kappa shape index (κ3) is 15.0. The van der Waals surface area contributed by atoms with E-state index in [-0.39, 0.29) is 6.10 Å². The normalized spacial score (nSPS) is 11.3. The molecule has 1 aromatic carbocycles. The predicted molar refractivity (Wildman–Crippen MR) is 124 cm³/mol. The fraction of sp³-hybridized carbons (Fsp3) is 0.769. The Hall–Kier alpha value is -1.02. The predicted octanol–water partition coefficient (Wildman–Crippen LogP) is 8.04. The summed E-state index contributed by atoms with van der Waals surface area (Å²) in [7, 11) is 0. The van der Waals surface area contributed by atoms with E-state index in [0.717, 1.165) is 18.8 Å². The Labute approximate surface area is 175 Å². The van der Waals surface area contributed by atoms with Gasteiger partial charge in [-0.25, -0.2) is 0 Å². The first-order valence-corrected chi connectivity index (χ1v) is 12.2. The van der Waals surface area contributed by atoms with Crippen LogP contribution < -0.4 is 10.1 Å². The summed E-state index contributed by atoms with van der Waals surface area (Å²) >= 11 is 0. The van der Waals surface area contributed by atoms with E-state index in [4.69, 9.17) is 4.74 Å². The fourth-order valence-electron chi connectivity index (χ4n) is 3.64. The van der Waals surface area contributed by atoms with Crippen LogP contribution in [0.2, 0.25) is 0 Å². The minimum Gasteiger partial charge on any atom is -0.491 e. The molecule has 0 aromatic heterocycles. The zero-order valence-electron chi connectivity index (χ0n) is 19.1. The van der Waals surface area contributed by atoms with Crippen molar-refractivity contribution in [2.75, 3.05) is 6.54 Å². The number of nitrogens with one attached hydrogen (secondary N) is 1. The Morgan fingerprint density at radius 2 is 1.14 bits per heavy atom. The molecule has 0 radical (unpaired) electrons. The number of benzene rings is 1. The van der Waals surface area contributed by atoms with E-state index >= 15 is 0 Å². The van der Waals surface area contributed by atoms with Crippen LogP contribution in [-0.4, -0.2) is 12.6 Å². The van der Waals surface area contributed by atoms with Crippen molar-refractivity contribution in [2.24, 2.45) is 0 Å². The van der Waals surface area contributed by atoms with E-state index in [0.29, 0.717) is 0 Å². The maximum Gasteiger partial charge on any atom is 0.119 e. The van der Waals surface area contributed by atoms with Crippen LogP contribution in [0, 0.1) is 0 Å². The van der Waals surface area contributed by atoms with Crippen molar-refractivity contribution in [1.82, 2.24) is 5.32 Å². The lowest BCUT2D eigenvalue weighted by atomic mass is 10.0. The van der Waals surface area contributed by atoms with Crippen molar-refractivity contribution >= 4 is 0 Å². The summed E-state index contributed by atoms with van der Waals surface area (Å²) in [6.45, 7) is 8.50. The molecule has 0 amide bonds. The molecule has 0 aliphatic rings. The second-order valence-corrected chi connectivity index (χ2v) is 8.58. The van der Waals surface area contributed by atoms with Crippen LogP contribution in [0.3, 0.4) is 0 Å². The maximum absolute atomic E-state index is 5.68. The quantitative estimate of drug-likeness (QED) is 0.242. The van der Waals surface area contributed by atoms with Gasteiger partial charge in [0.05, 0.1) is 6.10 Å². The zero-order chi connectivity index (χ0) is 20.3. The van der Waals surface area contributed by atoms with Crippen LogP contribution in [0.25, 0.3) is 0 Å². The first-order chi connectivity index (χ1) is 13.7. The number of rotatable bonds is 19. The van der Waals surface area contributed by atoms with E-state index in [1.54, 1.807) is 0 Å². The van der Waals surface area contributed by atoms with Gasteiger partial charge in [-0.15, -0.1) is 0 Å². The summed E-state index contributed by atoms with van der Waals surface area (Å²) in [6.07, 6.45) is 20.1. The highest BCUT2D eigenvalue weighted by Gasteiger charge is 1.98. The van der Waals surface area contributed by atoms with Gasteiger partial charge in [0.25, 0.3) is 0 Å². The Bertz CT molecular complexity index is 440. The highest BCUT2D eigenvalue weighted by molar-refractivity contribution is 5.27. The van der Waals surface area contributed by atoms with Crippen molar-refractivity contribution in [2.45, 2.75) is 123 Å². The first kappa shape index (κ1) is 25.0. The van der Waals surface area contributed by atoms with E-state index in [1.165, 1.54) is 95.5 Å². The summed E-state index contributed by atoms with van der Waals surface area (Å²) in [5, 5.41) is 3.56. The van der Waals surface area contributed by atoms with E-state index < -0.39 is 0 Å². The SMILES string of the molecule is CCCCCCCCCCCCCCCCNCc1ccc(OC(C)C)cc1. The number of hydrogen-bond donors (Lipinski definition) is 1. The van der Waals surface area contributed by atoms with Gasteiger partial charge in [0, 0.05) is 6.54 Å². The third-order valence-corrected chi connectivity index (χ3v) is 5.33. The van der Waals surface area contributed by atoms with Crippen LogP contribution in [0.4, 0.5) is 0 Å². The fourth-order valence-corrected chi connectivity index (χ4v) is 3.64. The Morgan fingerprint density at radius 1 is 0.679 bits per heavy atom. The standard InChI is InChI=1S/C26H47NO/c1-4-5-6-7-8-9-10-11-12-13-14-15-16-17-22-27-23-25-18-20-26(21-19-25)28-24(2)3/h18-21,24,27H,4-17,22-23H2,1-3H3. The molecule has 0 bridgehead atoms. The van der Waals surface area contributed by atoms with Gasteiger partial charge in [-0.05, 0) is 44.5 Å². The molecule has 162 valence electrons. The van der Waals surface area contributed by atoms with Gasteiger partial charge in [-0.2, -0.15) is 0 Å². The first-order valence-electron chi connectivity index (χ1n) is 12.2. The molecule has 0 aliphatic carbocycles. The topological polar surface area (TPSA) is 21.3 Å². The zero-order valence-corrected chi connectivity index (χ0v) is 19.1. The van der Waals surface area contributed by atoms with Gasteiger partial charge < -0.3 is 10.1 Å². The van der Waals surface area contributed by atoms with Gasteiger partial charge in [-0.3, -0.25) is 0 Å². The minimum atomic E-state index is 0.240. The Balaban J connectivity index is 1.82. The lowest BCUT2D eigenvalue weighted by molar-refractivity contribution is 0.242. The van der Waals surface area contributed by atoms with Crippen LogP contribution in [0.1, 0.15) is 116 Å². The van der Waals surface area contributed by atoms with Crippen molar-refractivity contribution < 1.29 is 4.74 Å². The minimum absolute atomic E-state index is 0.240. The highest BCUT2D eigenvalue weighted by atomic mass is 16.5. The van der Waals surface area contributed by atoms with Crippen molar-refractivity contribution in [3.63, 3.8) is 0 Å². The monoisotopic (exact) mass is 389 g/mol. The molecule has 1 rings (SSSR count). The molecular formula is C26H47NO. The van der Waals surface area contributed by atoms with Gasteiger partial charge in [0.1, 0.15) is 5.75 Å². The maximum atomic E-state index is 5.68. The summed E-state index contributed by atoms with van der Waals surface area (Å²) in [4.78, 5) is 0. The molecule has 0 aliphatic heterocycles. The molecular weight excluding hydrogens is 342 g/mol. The molecule has 28 heavy (non-hydrogen) atoms. The van der Waals surface area contributed by atoms with Gasteiger partial charge in [0.2, 0.25) is 0 Å². The van der Waals surface area contributed by atoms with E-state index in [1.807, 2.05) is 0 Å². The van der Waals surface area contributed by atoms with Gasteiger partial charge >= 0.3 is 0 Å². The molecule has 0 saturated heterocycles. The smallest absolute Gasteiger partial charge is 0.119 e. The van der Waals surface area contributed by atoms with E-state index in [2.05, 4.69) is 50.4 Å². The number of unbranched alkanes of at least 4 members (excludes halogenated alkanes) is 13. The van der Waals surface area contributed by atoms with E-state index in [9.17, 15) is 0 Å². The third-order valence-electron chi connectivity index (χ3n) is 5.33. The molecule has 0 unspecified atom stereocenters. The second-order valence-electron chi connectivity index (χ2n) is 8.58. The largest absolute Gasteiger partial charge is 0.491 e. The summed E-state index contributed by atoms with van der Waals surface area (Å²) < 4.78 is 5.68. The van der Waals surface area contributed by atoms with Crippen LogP contribution in [0.15, 0.2) is 24.3 Å². The van der Waals surface area contributed by atoms with Crippen molar-refractivity contribution in [3.05, 3.63) is 29.8 Å². The summed E-state index contributed by atoms with van der Waals surface area (Å²) in [5.41, 5.74) is 1.33. The Morgan fingerprint density at radius 3 is 1.61 bits per heavy atom. The number of hydrogen-bond acceptors (Lipinski definition) is 2. The van der Waals surface area contributed by atoms with Gasteiger partial charge in [0.15, 0.2) is 0 Å². The highest BCUT2D eigenvalue weighted by Crippen LogP contribution is 2.14. The molecule has 0 heterocycles. The van der Waals surface area contributed by atoms with Crippen molar-refractivity contribution in [3.8, 4) is 5.75 Å². The molecule has 1 N–H and O–H groups in total. The summed E-state index contributed by atoms with van der Waals surface area (Å²) in [5.74, 6) is 0.964. The number of ether oxygens (including phenoxy) is 1. The lowest BCUT2D eigenvalue weighted by Crippen LogP contribution is -2.14. The van der Waals surface area contributed by atoms with Gasteiger partial charge in [-0.1, -0.05) is 103 Å². The van der Waals surface area contributed by atoms with Crippen LogP contribution >= 0.6 is 0 Å². The molecule has 0 spiro atoms. The molecule has 0 fully saturated rings. The molecule has 1 aromatic rings. The second kappa shape index (κ2) is 18.0. The molecule has 0 atom stereocenters. The van der Waals surface area contributed by atoms with Crippen molar-refractivity contribution in [1.29, 1.82) is 0 Å².